The van der Waals surface area contributed by atoms with Gasteiger partial charge in [0.1, 0.15) is 0 Å². The van der Waals surface area contributed by atoms with Crippen LogP contribution in [0.2, 0.25) is 0 Å². The molecule has 3 unspecified atom stereocenters. The fraction of sp³-hybridized carbons (Fsp3) is 0.312. The van der Waals surface area contributed by atoms with E-state index in [4.69, 9.17) is 5.84 Å². The molecule has 0 amide bonds. The van der Waals surface area contributed by atoms with Crippen LogP contribution in [0.1, 0.15) is 23.5 Å². The topological polar surface area (TPSA) is 50.9 Å². The lowest BCUT2D eigenvalue weighted by atomic mass is 10.00. The Morgan fingerprint density at radius 3 is 2.58 bits per heavy atom. The zero-order valence-electron chi connectivity index (χ0n) is 10.9. The molecule has 1 aliphatic carbocycles. The van der Waals surface area contributed by atoms with Gasteiger partial charge in [-0.3, -0.25) is 16.3 Å². The highest BCUT2D eigenvalue weighted by atomic mass is 15.2. The van der Waals surface area contributed by atoms with Crippen molar-refractivity contribution < 1.29 is 0 Å². The molecule has 1 heterocycles. The van der Waals surface area contributed by atoms with Gasteiger partial charge in [0, 0.05) is 18.4 Å². The van der Waals surface area contributed by atoms with Crippen LogP contribution in [0.15, 0.2) is 54.9 Å². The number of hydrogen-bond acceptors (Lipinski definition) is 3. The van der Waals surface area contributed by atoms with Gasteiger partial charge in [0.05, 0.1) is 0 Å². The van der Waals surface area contributed by atoms with E-state index in [0.717, 1.165) is 6.42 Å². The maximum Gasteiger partial charge on any atom is 0.0285 e. The number of nitrogens with two attached hydrogens (primary N) is 1. The van der Waals surface area contributed by atoms with Gasteiger partial charge >= 0.3 is 0 Å². The van der Waals surface area contributed by atoms with E-state index in [-0.39, 0.29) is 0 Å². The van der Waals surface area contributed by atoms with Crippen molar-refractivity contribution in [1.29, 1.82) is 0 Å². The van der Waals surface area contributed by atoms with Gasteiger partial charge in [-0.25, -0.2) is 0 Å². The van der Waals surface area contributed by atoms with Crippen molar-refractivity contribution in [1.82, 2.24) is 10.4 Å². The maximum atomic E-state index is 5.74. The predicted molar refractivity (Wildman–Crippen MR) is 76.3 cm³/mol. The van der Waals surface area contributed by atoms with E-state index >= 15 is 0 Å². The lowest BCUT2D eigenvalue weighted by Gasteiger charge is -2.16. The quantitative estimate of drug-likeness (QED) is 0.635. The molecule has 0 saturated heterocycles. The second-order valence-electron chi connectivity index (χ2n) is 5.25. The van der Waals surface area contributed by atoms with Crippen molar-refractivity contribution in [3.8, 4) is 0 Å². The molecular weight excluding hydrogens is 234 g/mol. The van der Waals surface area contributed by atoms with Crippen LogP contribution in [-0.4, -0.2) is 11.0 Å². The Morgan fingerprint density at radius 2 is 1.89 bits per heavy atom. The van der Waals surface area contributed by atoms with E-state index in [0.29, 0.717) is 17.9 Å². The van der Waals surface area contributed by atoms with Crippen LogP contribution in [0, 0.1) is 5.92 Å². The van der Waals surface area contributed by atoms with Crippen molar-refractivity contribution >= 4 is 0 Å². The minimum Gasteiger partial charge on any atom is -0.271 e. The maximum absolute atomic E-state index is 5.74. The lowest BCUT2D eigenvalue weighted by molar-refractivity contribution is 0.464. The van der Waals surface area contributed by atoms with E-state index in [1.165, 1.54) is 17.5 Å². The standard InChI is InChI=1S/C16H19N3/c17-19-16(10-12-6-8-18-9-7-12)15-11-14(15)13-4-2-1-3-5-13/h1-9,14-16,19H,10-11,17H2. The van der Waals surface area contributed by atoms with Crippen molar-refractivity contribution in [2.24, 2.45) is 11.8 Å². The van der Waals surface area contributed by atoms with Crippen molar-refractivity contribution in [2.45, 2.75) is 24.8 Å². The van der Waals surface area contributed by atoms with E-state index in [1.807, 2.05) is 12.4 Å². The summed E-state index contributed by atoms with van der Waals surface area (Å²) < 4.78 is 0. The highest BCUT2D eigenvalue weighted by Crippen LogP contribution is 2.49. The van der Waals surface area contributed by atoms with E-state index < -0.39 is 0 Å². The molecule has 2 aromatic rings. The Hall–Kier alpha value is -1.71. The zero-order chi connectivity index (χ0) is 13.1. The molecule has 3 atom stereocenters. The summed E-state index contributed by atoms with van der Waals surface area (Å²) in [6, 6.07) is 15.2. The molecule has 3 nitrogen and oxygen atoms in total. The Morgan fingerprint density at radius 1 is 1.16 bits per heavy atom. The third kappa shape index (κ3) is 2.83. The first-order chi connectivity index (χ1) is 9.38. The average Bonchev–Trinajstić information content (AvgIpc) is 3.27. The Bertz CT molecular complexity index is 512. The fourth-order valence-electron chi connectivity index (χ4n) is 2.85. The molecule has 1 saturated carbocycles. The van der Waals surface area contributed by atoms with Crippen molar-refractivity contribution in [3.05, 3.63) is 66.0 Å². The first-order valence-corrected chi connectivity index (χ1v) is 6.78. The van der Waals surface area contributed by atoms with Crippen LogP contribution in [0.5, 0.6) is 0 Å². The SMILES string of the molecule is NNC(Cc1ccncc1)C1CC1c1ccccc1. The summed E-state index contributed by atoms with van der Waals surface area (Å²) in [4.78, 5) is 4.05. The molecule has 1 aromatic carbocycles. The molecular formula is C16H19N3. The van der Waals surface area contributed by atoms with Crippen LogP contribution < -0.4 is 11.3 Å². The Kier molecular flexibility index (Phi) is 3.58. The molecule has 3 N–H and O–H groups in total. The highest BCUT2D eigenvalue weighted by Gasteiger charge is 2.43. The number of hydrogen-bond donors (Lipinski definition) is 2. The molecule has 98 valence electrons. The zero-order valence-corrected chi connectivity index (χ0v) is 10.9. The van der Waals surface area contributed by atoms with E-state index in [1.54, 1.807) is 0 Å². The number of benzene rings is 1. The van der Waals surface area contributed by atoms with Gasteiger partial charge < -0.3 is 0 Å². The monoisotopic (exact) mass is 253 g/mol. The summed E-state index contributed by atoms with van der Waals surface area (Å²) in [5.74, 6) is 7.03. The largest absolute Gasteiger partial charge is 0.271 e. The molecule has 0 bridgehead atoms. The lowest BCUT2D eigenvalue weighted by Crippen LogP contribution is -2.38. The van der Waals surface area contributed by atoms with Crippen LogP contribution in [0.25, 0.3) is 0 Å². The summed E-state index contributed by atoms with van der Waals surface area (Å²) in [6.45, 7) is 0. The number of rotatable bonds is 5. The summed E-state index contributed by atoms with van der Waals surface area (Å²) >= 11 is 0. The Labute approximate surface area is 113 Å². The first-order valence-electron chi connectivity index (χ1n) is 6.78. The third-order valence-electron chi connectivity index (χ3n) is 4.00. The van der Waals surface area contributed by atoms with Crippen LogP contribution in [0.3, 0.4) is 0 Å². The molecule has 19 heavy (non-hydrogen) atoms. The summed E-state index contributed by atoms with van der Waals surface area (Å²) in [7, 11) is 0. The van der Waals surface area contributed by atoms with Crippen LogP contribution in [0.4, 0.5) is 0 Å². The summed E-state index contributed by atoms with van der Waals surface area (Å²) in [5.41, 5.74) is 5.71. The van der Waals surface area contributed by atoms with E-state index in [9.17, 15) is 0 Å². The number of pyridine rings is 1. The third-order valence-corrected chi connectivity index (χ3v) is 4.00. The summed E-state index contributed by atoms with van der Waals surface area (Å²) in [5, 5.41) is 0. The average molecular weight is 253 g/mol. The molecule has 0 radical (unpaired) electrons. The predicted octanol–water partition coefficient (Wildman–Crippen LogP) is 2.26. The van der Waals surface area contributed by atoms with Crippen LogP contribution >= 0.6 is 0 Å². The number of aromatic nitrogens is 1. The summed E-state index contributed by atoms with van der Waals surface area (Å²) in [6.07, 6.45) is 5.87. The highest BCUT2D eigenvalue weighted by molar-refractivity contribution is 5.27. The normalized spacial score (nSPS) is 23.0. The van der Waals surface area contributed by atoms with Gasteiger partial charge in [0.25, 0.3) is 0 Å². The number of nitrogens with one attached hydrogen (secondary N) is 1. The molecule has 3 heteroatoms. The van der Waals surface area contributed by atoms with E-state index in [2.05, 4.69) is 52.9 Å². The number of nitrogens with zero attached hydrogens (tertiary/aromatic N) is 1. The van der Waals surface area contributed by atoms with Gasteiger partial charge in [0.15, 0.2) is 0 Å². The van der Waals surface area contributed by atoms with Gasteiger partial charge in [-0.05, 0) is 47.9 Å². The van der Waals surface area contributed by atoms with Gasteiger partial charge in [-0.2, -0.15) is 0 Å². The van der Waals surface area contributed by atoms with Gasteiger partial charge in [-0.1, -0.05) is 30.3 Å². The molecule has 0 spiro atoms. The molecule has 0 aliphatic heterocycles. The molecule has 1 aromatic heterocycles. The second kappa shape index (κ2) is 5.51. The van der Waals surface area contributed by atoms with Gasteiger partial charge in [-0.15, -0.1) is 0 Å². The van der Waals surface area contributed by atoms with Crippen molar-refractivity contribution in [3.63, 3.8) is 0 Å². The van der Waals surface area contributed by atoms with Crippen LogP contribution in [-0.2, 0) is 6.42 Å². The smallest absolute Gasteiger partial charge is 0.0285 e. The first kappa shape index (κ1) is 12.3. The fourth-order valence-corrected chi connectivity index (χ4v) is 2.85. The molecule has 1 fully saturated rings. The second-order valence-corrected chi connectivity index (χ2v) is 5.25. The van der Waals surface area contributed by atoms with Gasteiger partial charge in [0.2, 0.25) is 0 Å². The number of hydrazine groups is 1. The van der Waals surface area contributed by atoms with Crippen molar-refractivity contribution in [2.75, 3.05) is 0 Å². The minimum atomic E-state index is 0.340. The molecule has 3 rings (SSSR count). The Balaban J connectivity index is 1.65. The minimum absolute atomic E-state index is 0.340. The molecule has 1 aliphatic rings.